The van der Waals surface area contributed by atoms with E-state index in [1.807, 2.05) is 0 Å². The maximum Gasteiger partial charge on any atom is 0.264 e. The Morgan fingerprint density at radius 1 is 1.00 bits per heavy atom. The number of hydroxylamine groups is 1. The van der Waals surface area contributed by atoms with E-state index >= 15 is 0 Å². The minimum atomic E-state index is -4.07. The molecule has 2 rings (SSSR count). The third-order valence-electron chi connectivity index (χ3n) is 4.50. The van der Waals surface area contributed by atoms with E-state index in [0.29, 0.717) is 11.3 Å². The summed E-state index contributed by atoms with van der Waals surface area (Å²) in [5.74, 6) is -2.23. The monoisotopic (exact) mass is 479 g/mol. The number of carbonyl (C=O) groups excluding carboxylic acids is 2. The average Bonchev–Trinajstić information content (AvgIpc) is 2.72. The number of sulfone groups is 1. The molecule has 0 spiro atoms. The third-order valence-corrected chi connectivity index (χ3v) is 6.44. The van der Waals surface area contributed by atoms with Crippen LogP contribution in [0.25, 0.3) is 0 Å². The van der Waals surface area contributed by atoms with Gasteiger partial charge in [0.05, 0.1) is 16.2 Å². The lowest BCUT2D eigenvalue weighted by Crippen LogP contribution is -2.62. The van der Waals surface area contributed by atoms with Gasteiger partial charge in [-0.2, -0.15) is 0 Å². The molecule has 0 saturated carbocycles. The fourth-order valence-corrected chi connectivity index (χ4v) is 4.63. The van der Waals surface area contributed by atoms with Crippen molar-refractivity contribution in [1.29, 1.82) is 0 Å². The molecule has 0 aliphatic carbocycles. The highest BCUT2D eigenvalue weighted by atomic mass is 32.2. The van der Waals surface area contributed by atoms with Crippen molar-refractivity contribution in [3.63, 3.8) is 0 Å². The van der Waals surface area contributed by atoms with Crippen LogP contribution in [0.2, 0.25) is 0 Å². The van der Waals surface area contributed by atoms with Gasteiger partial charge >= 0.3 is 0 Å². The van der Waals surface area contributed by atoms with E-state index in [2.05, 4.69) is 10.6 Å². The van der Waals surface area contributed by atoms with Crippen molar-refractivity contribution < 1.29 is 33.1 Å². The molecule has 2 aromatic carbocycles. The Balaban J connectivity index is 2.18. The van der Waals surface area contributed by atoms with Crippen molar-refractivity contribution in [3.8, 4) is 0 Å². The Hall–Kier alpha value is -2.83. The molecule has 0 aliphatic heterocycles. The highest BCUT2D eigenvalue weighted by Crippen LogP contribution is 2.21. The van der Waals surface area contributed by atoms with E-state index in [1.54, 1.807) is 51.1 Å². The van der Waals surface area contributed by atoms with E-state index < -0.39 is 39.1 Å². The minimum Gasteiger partial charge on any atom is -0.356 e. The van der Waals surface area contributed by atoms with Crippen molar-refractivity contribution in [3.05, 3.63) is 60.2 Å². The van der Waals surface area contributed by atoms with Crippen molar-refractivity contribution in [1.82, 2.24) is 10.8 Å². The fraction of sp³-hybridized carbons (Fsp3) is 0.364. The summed E-state index contributed by atoms with van der Waals surface area (Å²) in [7, 11) is -4.07. The van der Waals surface area contributed by atoms with Crippen LogP contribution in [0.5, 0.6) is 0 Å². The van der Waals surface area contributed by atoms with Crippen molar-refractivity contribution in [2.24, 2.45) is 0 Å². The third kappa shape index (κ3) is 7.62. The molecule has 2 atom stereocenters. The first-order valence-corrected chi connectivity index (χ1v) is 11.7. The molecule has 33 heavy (non-hydrogen) atoms. The zero-order valence-electron chi connectivity index (χ0n) is 18.8. The van der Waals surface area contributed by atoms with Crippen LogP contribution in [0, 0.1) is 0 Å². The molecule has 2 unspecified atom stereocenters. The summed E-state index contributed by atoms with van der Waals surface area (Å²) in [5.41, 5.74) is -0.481. The largest absolute Gasteiger partial charge is 0.356 e. The molecule has 0 heterocycles. The van der Waals surface area contributed by atoms with Crippen LogP contribution in [0.1, 0.15) is 38.1 Å². The summed E-state index contributed by atoms with van der Waals surface area (Å²) >= 11 is 0. The Labute approximate surface area is 192 Å². The van der Waals surface area contributed by atoms with Gasteiger partial charge in [0, 0.05) is 11.3 Å². The number of carbonyl (C=O) groups is 2. The number of aliphatic hydroxyl groups is 1. The SMILES string of the molecule is CC(C)(C)OC(O)NC(C)(CS(=O)(=O)c1ccc(NC(=O)c2ccccc2)cc1)C(=O)NO. The number of rotatable bonds is 9. The molecule has 0 aromatic heterocycles. The highest BCUT2D eigenvalue weighted by molar-refractivity contribution is 7.91. The van der Waals surface area contributed by atoms with E-state index in [0.717, 1.165) is 0 Å². The molecular weight excluding hydrogens is 450 g/mol. The molecule has 2 aromatic rings. The second kappa shape index (κ2) is 10.4. The quantitative estimate of drug-likeness (QED) is 0.207. The fourth-order valence-electron chi connectivity index (χ4n) is 2.93. The number of amides is 2. The van der Waals surface area contributed by atoms with Crippen LogP contribution in [0.3, 0.4) is 0 Å². The normalized spacial score (nSPS) is 14.7. The predicted molar refractivity (Wildman–Crippen MR) is 121 cm³/mol. The summed E-state index contributed by atoms with van der Waals surface area (Å²) in [4.78, 5) is 24.4. The zero-order valence-corrected chi connectivity index (χ0v) is 19.6. The van der Waals surface area contributed by atoms with Crippen molar-refractivity contribution in [2.45, 2.75) is 50.1 Å². The van der Waals surface area contributed by atoms with Gasteiger partial charge in [-0.1, -0.05) is 18.2 Å². The van der Waals surface area contributed by atoms with Crippen molar-refractivity contribution in [2.75, 3.05) is 11.1 Å². The molecule has 0 fully saturated rings. The highest BCUT2D eigenvalue weighted by Gasteiger charge is 2.41. The maximum absolute atomic E-state index is 13.0. The Morgan fingerprint density at radius 3 is 2.09 bits per heavy atom. The van der Waals surface area contributed by atoms with Crippen LogP contribution >= 0.6 is 0 Å². The lowest BCUT2D eigenvalue weighted by Gasteiger charge is -2.33. The molecule has 0 aliphatic rings. The van der Waals surface area contributed by atoms with Gasteiger partial charge in [0.15, 0.2) is 9.84 Å². The number of hydrogen-bond acceptors (Lipinski definition) is 8. The maximum atomic E-state index is 13.0. The summed E-state index contributed by atoms with van der Waals surface area (Å²) < 4.78 is 31.2. The van der Waals surface area contributed by atoms with Crippen LogP contribution in [-0.4, -0.2) is 53.9 Å². The molecular formula is C22H29N3O7S. The summed E-state index contributed by atoms with van der Waals surface area (Å²) in [6.07, 6.45) is -1.68. The molecule has 0 radical (unpaired) electrons. The van der Waals surface area contributed by atoms with E-state index in [-0.39, 0.29) is 10.8 Å². The second-order valence-corrected chi connectivity index (χ2v) is 10.6. The Bertz CT molecular complexity index is 1070. The van der Waals surface area contributed by atoms with Crippen LogP contribution in [0.15, 0.2) is 59.5 Å². The smallest absolute Gasteiger partial charge is 0.264 e. The first-order chi connectivity index (χ1) is 15.3. The Kier molecular flexibility index (Phi) is 8.33. The topological polar surface area (TPSA) is 154 Å². The zero-order chi connectivity index (χ0) is 24.9. The lowest BCUT2D eigenvalue weighted by molar-refractivity contribution is -0.192. The molecule has 11 heteroatoms. The molecule has 0 bridgehead atoms. The van der Waals surface area contributed by atoms with Gasteiger partial charge < -0.3 is 15.2 Å². The van der Waals surface area contributed by atoms with Gasteiger partial charge in [0.1, 0.15) is 5.54 Å². The number of nitrogens with one attached hydrogen (secondary N) is 3. The predicted octanol–water partition coefficient (Wildman–Crippen LogP) is 1.66. The van der Waals surface area contributed by atoms with Crippen LogP contribution in [-0.2, 0) is 19.4 Å². The van der Waals surface area contributed by atoms with Gasteiger partial charge in [-0.15, -0.1) is 0 Å². The first-order valence-electron chi connectivity index (χ1n) is 10.0. The number of ether oxygens (including phenoxy) is 1. The van der Waals surface area contributed by atoms with Gasteiger partial charge in [-0.3, -0.25) is 20.1 Å². The van der Waals surface area contributed by atoms with Gasteiger partial charge in [0.25, 0.3) is 11.8 Å². The number of hydrogen-bond donors (Lipinski definition) is 5. The van der Waals surface area contributed by atoms with Crippen molar-refractivity contribution >= 4 is 27.3 Å². The van der Waals surface area contributed by atoms with Crippen LogP contribution in [0.4, 0.5) is 5.69 Å². The van der Waals surface area contributed by atoms with E-state index in [4.69, 9.17) is 9.94 Å². The molecule has 2 amide bonds. The summed E-state index contributed by atoms with van der Waals surface area (Å²) in [6.45, 7) is 6.20. The average molecular weight is 480 g/mol. The molecule has 10 nitrogen and oxygen atoms in total. The van der Waals surface area contributed by atoms with E-state index in [9.17, 15) is 23.1 Å². The van der Waals surface area contributed by atoms with E-state index in [1.165, 1.54) is 36.7 Å². The number of anilines is 1. The number of benzene rings is 2. The second-order valence-electron chi connectivity index (χ2n) is 8.60. The lowest BCUT2D eigenvalue weighted by atomic mass is 10.1. The molecule has 5 N–H and O–H groups in total. The summed E-state index contributed by atoms with van der Waals surface area (Å²) in [5, 5.41) is 24.3. The van der Waals surface area contributed by atoms with Crippen LogP contribution < -0.4 is 16.1 Å². The van der Waals surface area contributed by atoms with Gasteiger partial charge in [-0.05, 0) is 64.1 Å². The number of aliphatic hydroxyl groups excluding tert-OH is 1. The standard InChI is InChI=1S/C22H29N3O7S/c1-21(2,3)32-20(28)24-22(4,19(27)25-29)14-33(30,31)17-12-10-16(11-13-17)23-18(26)15-8-6-5-7-9-15/h5-13,20,24,28-29H,14H2,1-4H3,(H,23,26)(H,25,27). The molecule has 0 saturated heterocycles. The van der Waals surface area contributed by atoms with Gasteiger partial charge in [0.2, 0.25) is 6.41 Å². The molecule has 180 valence electrons. The minimum absolute atomic E-state index is 0.120. The first kappa shape index (κ1) is 26.4. The summed E-state index contributed by atoms with van der Waals surface area (Å²) in [6, 6.07) is 13.9. The Morgan fingerprint density at radius 2 is 1.58 bits per heavy atom. The van der Waals surface area contributed by atoms with Gasteiger partial charge in [-0.25, -0.2) is 13.9 Å².